The number of hydrogen-bond acceptors (Lipinski definition) is 2. The van der Waals surface area contributed by atoms with Crippen LogP contribution in [0.25, 0.3) is 6.08 Å². The average molecular weight is 303 g/mol. The quantitative estimate of drug-likeness (QED) is 0.625. The van der Waals surface area contributed by atoms with Gasteiger partial charge < -0.3 is 4.74 Å². The lowest BCUT2D eigenvalue weighted by molar-refractivity contribution is 0.0735. The van der Waals surface area contributed by atoms with Gasteiger partial charge in [-0.15, -0.1) is 0 Å². The molecule has 2 nitrogen and oxygen atoms in total. The van der Waals surface area contributed by atoms with Crippen molar-refractivity contribution in [2.24, 2.45) is 0 Å². The van der Waals surface area contributed by atoms with Crippen LogP contribution in [0.1, 0.15) is 15.9 Å². The van der Waals surface area contributed by atoms with Crippen LogP contribution in [0, 0.1) is 0 Å². The van der Waals surface area contributed by atoms with Gasteiger partial charge in [0.2, 0.25) is 0 Å². The molecule has 0 aromatic heterocycles. The van der Waals surface area contributed by atoms with E-state index in [1.54, 1.807) is 41.4 Å². The molecule has 0 saturated carbocycles. The predicted octanol–water partition coefficient (Wildman–Crippen LogP) is 4.27. The van der Waals surface area contributed by atoms with Gasteiger partial charge in [0.25, 0.3) is 0 Å². The van der Waals surface area contributed by atoms with E-state index in [0.717, 1.165) is 5.56 Å². The van der Waals surface area contributed by atoms with E-state index in [2.05, 4.69) is 15.9 Å². The number of ether oxygens (including phenoxy) is 1. The van der Waals surface area contributed by atoms with Crippen LogP contribution >= 0.6 is 15.9 Å². The molecular weight excluding hydrogens is 292 g/mol. The van der Waals surface area contributed by atoms with Gasteiger partial charge in [0, 0.05) is 0 Å². The van der Waals surface area contributed by atoms with E-state index in [1.165, 1.54) is 0 Å². The number of carbonyl (C=O) groups excluding carboxylic acids is 1. The summed E-state index contributed by atoms with van der Waals surface area (Å²) in [7, 11) is 0. The lowest BCUT2D eigenvalue weighted by Gasteiger charge is -2.04. The number of hydrogen-bond donors (Lipinski definition) is 0. The molecule has 0 unspecified atom stereocenters. The zero-order valence-corrected chi connectivity index (χ0v) is 11.1. The largest absolute Gasteiger partial charge is 0.423 e. The Kier molecular flexibility index (Phi) is 4.31. The molecule has 0 atom stereocenters. The van der Waals surface area contributed by atoms with Crippen molar-refractivity contribution < 1.29 is 9.53 Å². The number of esters is 1. The molecule has 0 aliphatic carbocycles. The third-order valence-corrected chi connectivity index (χ3v) is 2.62. The van der Waals surface area contributed by atoms with E-state index in [9.17, 15) is 4.79 Å². The van der Waals surface area contributed by atoms with Gasteiger partial charge in [-0.2, -0.15) is 0 Å². The van der Waals surface area contributed by atoms with Crippen molar-refractivity contribution in [3.05, 3.63) is 70.7 Å². The second kappa shape index (κ2) is 6.17. The van der Waals surface area contributed by atoms with Gasteiger partial charge >= 0.3 is 5.97 Å². The minimum atomic E-state index is -0.348. The molecule has 0 aliphatic rings. The molecule has 0 saturated heterocycles. The highest BCUT2D eigenvalue weighted by Crippen LogP contribution is 2.15. The fraction of sp³-hybridized carbons (Fsp3) is 0. The Morgan fingerprint density at radius 3 is 2.28 bits per heavy atom. The monoisotopic (exact) mass is 302 g/mol. The Labute approximate surface area is 114 Å². The van der Waals surface area contributed by atoms with E-state index in [4.69, 9.17) is 4.74 Å². The summed E-state index contributed by atoms with van der Waals surface area (Å²) in [5.41, 5.74) is 1.58. The van der Waals surface area contributed by atoms with Crippen molar-refractivity contribution >= 4 is 28.0 Å². The summed E-state index contributed by atoms with van der Waals surface area (Å²) >= 11 is 3.21. The summed E-state index contributed by atoms with van der Waals surface area (Å²) in [5.74, 6) is 0.190. The molecule has 0 aliphatic heterocycles. The van der Waals surface area contributed by atoms with Crippen LogP contribution in [0.3, 0.4) is 0 Å². The highest BCUT2D eigenvalue weighted by Gasteiger charge is 2.06. The first-order valence-corrected chi connectivity index (χ1v) is 6.35. The summed E-state index contributed by atoms with van der Waals surface area (Å²) in [6.07, 6.45) is 1.91. The van der Waals surface area contributed by atoms with E-state index in [0.29, 0.717) is 11.3 Å². The van der Waals surface area contributed by atoms with E-state index < -0.39 is 0 Å². The summed E-state index contributed by atoms with van der Waals surface area (Å²) in [5, 5.41) is 0. The van der Waals surface area contributed by atoms with Gasteiger partial charge in [0.1, 0.15) is 5.75 Å². The molecular formula is C15H11BrO2. The number of benzene rings is 2. The number of rotatable bonds is 3. The number of halogens is 1. The van der Waals surface area contributed by atoms with Crippen molar-refractivity contribution in [3.8, 4) is 5.75 Å². The first kappa shape index (κ1) is 12.6. The highest BCUT2D eigenvalue weighted by molar-refractivity contribution is 9.11. The van der Waals surface area contributed by atoms with Crippen LogP contribution in [-0.2, 0) is 0 Å². The third kappa shape index (κ3) is 3.31. The first-order valence-electron chi connectivity index (χ1n) is 5.43. The predicted molar refractivity (Wildman–Crippen MR) is 75.8 cm³/mol. The molecule has 0 radical (unpaired) electrons. The molecule has 0 bridgehead atoms. The third-order valence-electron chi connectivity index (χ3n) is 2.36. The van der Waals surface area contributed by atoms with Crippen LogP contribution in [0.15, 0.2) is 59.6 Å². The molecule has 0 amide bonds. The van der Waals surface area contributed by atoms with Crippen molar-refractivity contribution in [1.29, 1.82) is 0 Å². The number of carbonyl (C=O) groups is 1. The molecule has 0 spiro atoms. The molecule has 18 heavy (non-hydrogen) atoms. The van der Waals surface area contributed by atoms with Crippen molar-refractivity contribution in [2.45, 2.75) is 0 Å². The van der Waals surface area contributed by atoms with Gasteiger partial charge in [-0.25, -0.2) is 4.79 Å². The van der Waals surface area contributed by atoms with Crippen LogP contribution < -0.4 is 4.74 Å². The van der Waals surface area contributed by atoms with E-state index >= 15 is 0 Å². The Morgan fingerprint density at radius 1 is 1.00 bits per heavy atom. The standard InChI is InChI=1S/C15H11BrO2/c16-11-10-12-6-8-14(9-7-12)18-15(17)13-4-2-1-3-5-13/h1-11H. The molecule has 3 heteroatoms. The van der Waals surface area contributed by atoms with Crippen molar-refractivity contribution in [1.82, 2.24) is 0 Å². The van der Waals surface area contributed by atoms with Gasteiger partial charge in [-0.1, -0.05) is 46.3 Å². The van der Waals surface area contributed by atoms with E-state index in [1.807, 2.05) is 24.3 Å². The smallest absolute Gasteiger partial charge is 0.343 e. The van der Waals surface area contributed by atoms with Gasteiger partial charge in [-0.3, -0.25) is 0 Å². The van der Waals surface area contributed by atoms with Gasteiger partial charge in [-0.05, 0) is 40.9 Å². The Hall–Kier alpha value is -1.87. The van der Waals surface area contributed by atoms with Gasteiger partial charge in [0.15, 0.2) is 0 Å². The SMILES string of the molecule is O=C(Oc1ccc(C=CBr)cc1)c1ccccc1. The minimum absolute atomic E-state index is 0.348. The average Bonchev–Trinajstić information content (AvgIpc) is 2.42. The topological polar surface area (TPSA) is 26.3 Å². The highest BCUT2D eigenvalue weighted by atomic mass is 79.9. The van der Waals surface area contributed by atoms with Crippen molar-refractivity contribution in [2.75, 3.05) is 0 Å². The summed E-state index contributed by atoms with van der Waals surface area (Å²) in [4.78, 5) is 13.6. The normalized spacial score (nSPS) is 10.5. The van der Waals surface area contributed by atoms with Crippen LogP contribution in [-0.4, -0.2) is 5.97 Å². The maximum Gasteiger partial charge on any atom is 0.343 e. The first-order chi connectivity index (χ1) is 8.79. The maximum atomic E-state index is 11.8. The maximum absolute atomic E-state index is 11.8. The Bertz CT molecular complexity index is 544. The minimum Gasteiger partial charge on any atom is -0.423 e. The van der Waals surface area contributed by atoms with Crippen molar-refractivity contribution in [3.63, 3.8) is 0 Å². The van der Waals surface area contributed by atoms with E-state index in [-0.39, 0.29) is 5.97 Å². The fourth-order valence-electron chi connectivity index (χ4n) is 1.46. The summed E-state index contributed by atoms with van der Waals surface area (Å²) in [6.45, 7) is 0. The second-order valence-electron chi connectivity index (χ2n) is 3.62. The molecule has 2 rings (SSSR count). The molecule has 0 N–H and O–H groups in total. The molecule has 2 aromatic rings. The fourth-order valence-corrected chi connectivity index (χ4v) is 1.77. The summed E-state index contributed by atoms with van der Waals surface area (Å²) < 4.78 is 5.26. The van der Waals surface area contributed by atoms with Gasteiger partial charge in [0.05, 0.1) is 5.56 Å². The zero-order chi connectivity index (χ0) is 12.8. The van der Waals surface area contributed by atoms with Crippen LogP contribution in [0.4, 0.5) is 0 Å². The Morgan fingerprint density at radius 2 is 1.67 bits per heavy atom. The molecule has 0 fully saturated rings. The van der Waals surface area contributed by atoms with Crippen LogP contribution in [0.2, 0.25) is 0 Å². The Balaban J connectivity index is 2.08. The molecule has 90 valence electrons. The zero-order valence-electron chi connectivity index (χ0n) is 9.55. The lowest BCUT2D eigenvalue weighted by Crippen LogP contribution is -2.07. The second-order valence-corrected chi connectivity index (χ2v) is 4.15. The molecule has 2 aromatic carbocycles. The summed E-state index contributed by atoms with van der Waals surface area (Å²) in [6, 6.07) is 16.2. The molecule has 0 heterocycles. The lowest BCUT2D eigenvalue weighted by atomic mass is 10.2. The van der Waals surface area contributed by atoms with Crippen LogP contribution in [0.5, 0.6) is 5.75 Å².